The number of aliphatic hydroxyl groups is 1. The maximum atomic E-state index is 8.82. The number of ether oxygens (including phenoxy) is 2. The molecule has 2 fully saturated rings. The molecule has 70 valence electrons. The van der Waals surface area contributed by atoms with Crippen LogP contribution in [-0.2, 0) is 9.47 Å². The Morgan fingerprint density at radius 2 is 2.08 bits per heavy atom. The molecule has 0 spiro atoms. The fourth-order valence-electron chi connectivity index (χ4n) is 1.35. The van der Waals surface area contributed by atoms with Crippen molar-refractivity contribution in [3.63, 3.8) is 0 Å². The Morgan fingerprint density at radius 1 is 1.33 bits per heavy atom. The Hall–Kier alpha value is -0.160. The Bertz CT molecular complexity index is 164. The number of rotatable bonds is 5. The number of hydrogen-bond acceptors (Lipinski definition) is 4. The van der Waals surface area contributed by atoms with Gasteiger partial charge in [0.2, 0.25) is 0 Å². The predicted molar refractivity (Wildman–Crippen MR) is 42.5 cm³/mol. The minimum Gasteiger partial charge on any atom is -0.366 e. The van der Waals surface area contributed by atoms with Gasteiger partial charge in [-0.3, -0.25) is 5.32 Å². The van der Waals surface area contributed by atoms with Crippen molar-refractivity contribution in [1.29, 1.82) is 0 Å². The van der Waals surface area contributed by atoms with Gasteiger partial charge in [0.05, 0.1) is 6.10 Å². The van der Waals surface area contributed by atoms with E-state index in [1.165, 1.54) is 0 Å². The number of nitrogens with one attached hydrogen (secondary N) is 1. The standard InChI is InChI=1S/C8H15NO3/c1-2-5-7(11-5)9-4-3-6-8(10)12-6/h5-10H,2-4H2,1H3. The monoisotopic (exact) mass is 173 g/mol. The average Bonchev–Trinajstić information content (AvgIpc) is 2.92. The first-order chi connectivity index (χ1) is 5.81. The normalized spacial score (nSPS) is 44.5. The van der Waals surface area contributed by atoms with Crippen LogP contribution in [-0.4, -0.2) is 36.4 Å². The van der Waals surface area contributed by atoms with Gasteiger partial charge in [-0.2, -0.15) is 0 Å². The van der Waals surface area contributed by atoms with Crippen LogP contribution in [0, 0.1) is 0 Å². The van der Waals surface area contributed by atoms with Crippen LogP contribution in [0.25, 0.3) is 0 Å². The lowest BCUT2D eigenvalue weighted by Crippen LogP contribution is -2.22. The second-order valence-corrected chi connectivity index (χ2v) is 3.31. The molecule has 2 aliphatic heterocycles. The largest absolute Gasteiger partial charge is 0.366 e. The van der Waals surface area contributed by atoms with Crippen molar-refractivity contribution in [3.05, 3.63) is 0 Å². The summed E-state index contributed by atoms with van der Waals surface area (Å²) in [5, 5.41) is 12.1. The van der Waals surface area contributed by atoms with Crippen LogP contribution in [0.3, 0.4) is 0 Å². The van der Waals surface area contributed by atoms with Crippen LogP contribution >= 0.6 is 0 Å². The van der Waals surface area contributed by atoms with E-state index in [0.717, 1.165) is 19.4 Å². The summed E-state index contributed by atoms with van der Waals surface area (Å²) < 4.78 is 10.1. The van der Waals surface area contributed by atoms with Gasteiger partial charge in [-0.1, -0.05) is 6.92 Å². The highest BCUT2D eigenvalue weighted by molar-refractivity contribution is 4.82. The molecule has 0 saturated carbocycles. The lowest BCUT2D eigenvalue weighted by Gasteiger charge is -1.96. The number of hydrogen-bond donors (Lipinski definition) is 2. The summed E-state index contributed by atoms with van der Waals surface area (Å²) in [6.07, 6.45) is 2.17. The van der Waals surface area contributed by atoms with Crippen LogP contribution in [0.1, 0.15) is 19.8 Å². The molecule has 0 aromatic carbocycles. The highest BCUT2D eigenvalue weighted by Crippen LogP contribution is 2.24. The molecule has 0 aliphatic carbocycles. The zero-order valence-corrected chi connectivity index (χ0v) is 7.19. The highest BCUT2D eigenvalue weighted by Gasteiger charge is 2.39. The van der Waals surface area contributed by atoms with E-state index in [1.54, 1.807) is 0 Å². The van der Waals surface area contributed by atoms with Gasteiger partial charge in [-0.15, -0.1) is 0 Å². The second kappa shape index (κ2) is 3.30. The second-order valence-electron chi connectivity index (χ2n) is 3.31. The molecule has 0 aromatic rings. The summed E-state index contributed by atoms with van der Waals surface area (Å²) >= 11 is 0. The molecule has 2 heterocycles. The zero-order valence-electron chi connectivity index (χ0n) is 7.19. The minimum absolute atomic E-state index is 0.0660. The zero-order chi connectivity index (χ0) is 8.55. The summed E-state index contributed by atoms with van der Waals surface area (Å²) in [4.78, 5) is 0. The Balaban J connectivity index is 1.48. The van der Waals surface area contributed by atoms with Gasteiger partial charge in [0, 0.05) is 6.54 Å². The molecule has 0 aromatic heterocycles. The third-order valence-electron chi connectivity index (χ3n) is 2.31. The quantitative estimate of drug-likeness (QED) is 0.566. The van der Waals surface area contributed by atoms with Gasteiger partial charge in [-0.25, -0.2) is 0 Å². The van der Waals surface area contributed by atoms with E-state index in [1.807, 2.05) is 0 Å². The summed E-state index contributed by atoms with van der Waals surface area (Å²) in [6.45, 7) is 2.98. The molecular formula is C8H15NO3. The molecule has 2 N–H and O–H groups in total. The Kier molecular flexibility index (Phi) is 2.32. The van der Waals surface area contributed by atoms with Gasteiger partial charge >= 0.3 is 0 Å². The van der Waals surface area contributed by atoms with Crippen molar-refractivity contribution in [1.82, 2.24) is 5.32 Å². The van der Waals surface area contributed by atoms with E-state index >= 15 is 0 Å². The third kappa shape index (κ3) is 1.95. The lowest BCUT2D eigenvalue weighted by atomic mass is 10.3. The molecule has 12 heavy (non-hydrogen) atoms. The molecule has 4 nitrogen and oxygen atoms in total. The van der Waals surface area contributed by atoms with Crippen molar-refractivity contribution in [2.24, 2.45) is 0 Å². The third-order valence-corrected chi connectivity index (χ3v) is 2.31. The topological polar surface area (TPSA) is 57.3 Å². The van der Waals surface area contributed by atoms with E-state index in [2.05, 4.69) is 12.2 Å². The maximum absolute atomic E-state index is 8.82. The summed E-state index contributed by atoms with van der Waals surface area (Å²) in [6, 6.07) is 0. The van der Waals surface area contributed by atoms with E-state index < -0.39 is 6.29 Å². The van der Waals surface area contributed by atoms with E-state index in [-0.39, 0.29) is 12.3 Å². The molecule has 2 rings (SSSR count). The predicted octanol–water partition coefficient (Wildman–Crippen LogP) is -0.182. The van der Waals surface area contributed by atoms with Gasteiger partial charge in [0.1, 0.15) is 12.3 Å². The molecule has 4 atom stereocenters. The summed E-state index contributed by atoms with van der Waals surface area (Å²) in [7, 11) is 0. The molecular weight excluding hydrogens is 158 g/mol. The van der Waals surface area contributed by atoms with Crippen LogP contribution in [0.2, 0.25) is 0 Å². The van der Waals surface area contributed by atoms with Crippen LogP contribution in [0.4, 0.5) is 0 Å². The minimum atomic E-state index is -0.506. The Labute approximate surface area is 71.9 Å². The lowest BCUT2D eigenvalue weighted by molar-refractivity contribution is 0.156. The summed E-state index contributed by atoms with van der Waals surface area (Å²) in [5.41, 5.74) is 0. The van der Waals surface area contributed by atoms with E-state index in [4.69, 9.17) is 14.6 Å². The fraction of sp³-hybridized carbons (Fsp3) is 1.00. The molecule has 2 aliphatic rings. The smallest absolute Gasteiger partial charge is 0.181 e. The van der Waals surface area contributed by atoms with Crippen LogP contribution < -0.4 is 5.32 Å². The van der Waals surface area contributed by atoms with Crippen molar-refractivity contribution >= 4 is 0 Å². The van der Waals surface area contributed by atoms with E-state index in [9.17, 15) is 0 Å². The first kappa shape index (κ1) is 8.44. The first-order valence-corrected chi connectivity index (χ1v) is 4.53. The van der Waals surface area contributed by atoms with Crippen LogP contribution in [0.5, 0.6) is 0 Å². The van der Waals surface area contributed by atoms with Gasteiger partial charge in [0.25, 0.3) is 0 Å². The number of aliphatic hydroxyl groups excluding tert-OH is 1. The highest BCUT2D eigenvalue weighted by atomic mass is 16.7. The SMILES string of the molecule is CCC1OC1NCCC1OC1O. The van der Waals surface area contributed by atoms with Gasteiger partial charge in [0.15, 0.2) is 6.29 Å². The molecule has 4 unspecified atom stereocenters. The Morgan fingerprint density at radius 3 is 2.58 bits per heavy atom. The van der Waals surface area contributed by atoms with Crippen molar-refractivity contribution in [2.45, 2.75) is 44.5 Å². The average molecular weight is 173 g/mol. The van der Waals surface area contributed by atoms with E-state index in [0.29, 0.717) is 6.10 Å². The maximum Gasteiger partial charge on any atom is 0.181 e. The van der Waals surface area contributed by atoms with Crippen molar-refractivity contribution < 1.29 is 14.6 Å². The van der Waals surface area contributed by atoms with Crippen molar-refractivity contribution in [3.8, 4) is 0 Å². The molecule has 0 radical (unpaired) electrons. The van der Waals surface area contributed by atoms with Gasteiger partial charge < -0.3 is 14.6 Å². The van der Waals surface area contributed by atoms with Crippen LogP contribution in [0.15, 0.2) is 0 Å². The van der Waals surface area contributed by atoms with Gasteiger partial charge in [-0.05, 0) is 12.8 Å². The molecule has 4 heteroatoms. The summed E-state index contributed by atoms with van der Waals surface area (Å²) in [5.74, 6) is 0. The fourth-order valence-corrected chi connectivity index (χ4v) is 1.35. The molecule has 0 amide bonds. The molecule has 0 bridgehead atoms. The number of epoxide rings is 2. The van der Waals surface area contributed by atoms with Crippen molar-refractivity contribution in [2.75, 3.05) is 6.54 Å². The molecule has 2 saturated heterocycles. The first-order valence-electron chi connectivity index (χ1n) is 4.53.